The number of hydrogen-bond donors (Lipinski definition) is 1. The summed E-state index contributed by atoms with van der Waals surface area (Å²) < 4.78 is 10.7. The minimum atomic E-state index is 0.618. The monoisotopic (exact) mass is 263 g/mol. The summed E-state index contributed by atoms with van der Waals surface area (Å²) in [4.78, 5) is 0. The van der Waals surface area contributed by atoms with Crippen LogP contribution in [0.1, 0.15) is 0 Å². The van der Waals surface area contributed by atoms with Crippen molar-refractivity contribution >= 4 is 17.3 Å². The Bertz CT molecular complexity index is 547. The van der Waals surface area contributed by atoms with Gasteiger partial charge >= 0.3 is 0 Å². The van der Waals surface area contributed by atoms with Crippen molar-refractivity contribution in [2.24, 2.45) is 0 Å². The SMILES string of the molecule is COc1cccc(OC)c1-c1cc(Cl)ccc1N. The Morgan fingerprint density at radius 2 is 1.61 bits per heavy atom. The number of rotatable bonds is 3. The van der Waals surface area contributed by atoms with E-state index < -0.39 is 0 Å². The average molecular weight is 264 g/mol. The molecule has 0 aliphatic carbocycles. The number of nitrogen functional groups attached to an aromatic ring is 1. The van der Waals surface area contributed by atoms with Gasteiger partial charge in [-0.15, -0.1) is 0 Å². The van der Waals surface area contributed by atoms with E-state index in [4.69, 9.17) is 26.8 Å². The Kier molecular flexibility index (Phi) is 3.63. The van der Waals surface area contributed by atoms with Crippen LogP contribution in [0.4, 0.5) is 5.69 Å². The molecule has 18 heavy (non-hydrogen) atoms. The van der Waals surface area contributed by atoms with Crippen LogP contribution in [0.2, 0.25) is 5.02 Å². The summed E-state index contributed by atoms with van der Waals surface area (Å²) in [5, 5.41) is 0.618. The fourth-order valence-electron chi connectivity index (χ4n) is 1.86. The summed E-state index contributed by atoms with van der Waals surface area (Å²) in [6, 6.07) is 10.9. The average Bonchev–Trinajstić information content (AvgIpc) is 2.40. The zero-order chi connectivity index (χ0) is 13.1. The minimum absolute atomic E-state index is 0.618. The van der Waals surface area contributed by atoms with Gasteiger partial charge in [-0.25, -0.2) is 0 Å². The molecule has 0 aliphatic heterocycles. The lowest BCUT2D eigenvalue weighted by molar-refractivity contribution is 0.397. The molecule has 0 heterocycles. The van der Waals surface area contributed by atoms with Gasteiger partial charge < -0.3 is 15.2 Å². The van der Waals surface area contributed by atoms with E-state index in [1.807, 2.05) is 18.2 Å². The van der Waals surface area contributed by atoms with Gasteiger partial charge in [0.25, 0.3) is 0 Å². The number of nitrogens with two attached hydrogens (primary N) is 1. The number of ether oxygens (including phenoxy) is 2. The van der Waals surface area contributed by atoms with E-state index in [-0.39, 0.29) is 0 Å². The van der Waals surface area contributed by atoms with Crippen LogP contribution in [-0.4, -0.2) is 14.2 Å². The molecule has 2 aromatic carbocycles. The first kappa shape index (κ1) is 12.6. The van der Waals surface area contributed by atoms with E-state index in [9.17, 15) is 0 Å². The molecule has 0 radical (unpaired) electrons. The smallest absolute Gasteiger partial charge is 0.130 e. The van der Waals surface area contributed by atoms with E-state index in [1.165, 1.54) is 0 Å². The van der Waals surface area contributed by atoms with Crippen molar-refractivity contribution in [1.29, 1.82) is 0 Å². The summed E-state index contributed by atoms with van der Waals surface area (Å²) in [6.45, 7) is 0. The van der Waals surface area contributed by atoms with E-state index in [0.717, 1.165) is 11.1 Å². The van der Waals surface area contributed by atoms with Crippen LogP contribution in [0.25, 0.3) is 11.1 Å². The summed E-state index contributed by atoms with van der Waals surface area (Å²) >= 11 is 6.02. The van der Waals surface area contributed by atoms with Crippen molar-refractivity contribution in [2.45, 2.75) is 0 Å². The van der Waals surface area contributed by atoms with Crippen LogP contribution >= 0.6 is 11.6 Å². The Morgan fingerprint density at radius 1 is 1.00 bits per heavy atom. The lowest BCUT2D eigenvalue weighted by Crippen LogP contribution is -1.96. The molecule has 3 nitrogen and oxygen atoms in total. The molecule has 0 bridgehead atoms. The Balaban J connectivity index is 2.72. The summed E-state index contributed by atoms with van der Waals surface area (Å²) in [7, 11) is 3.22. The van der Waals surface area contributed by atoms with Crippen molar-refractivity contribution in [3.05, 3.63) is 41.4 Å². The van der Waals surface area contributed by atoms with E-state index in [0.29, 0.717) is 22.2 Å². The third kappa shape index (κ3) is 2.22. The van der Waals surface area contributed by atoms with Crippen molar-refractivity contribution in [3.63, 3.8) is 0 Å². The van der Waals surface area contributed by atoms with Crippen molar-refractivity contribution < 1.29 is 9.47 Å². The fraction of sp³-hybridized carbons (Fsp3) is 0.143. The molecule has 0 aromatic heterocycles. The van der Waals surface area contributed by atoms with E-state index in [1.54, 1.807) is 32.4 Å². The van der Waals surface area contributed by atoms with E-state index in [2.05, 4.69) is 0 Å². The van der Waals surface area contributed by atoms with E-state index >= 15 is 0 Å². The van der Waals surface area contributed by atoms with Crippen LogP contribution in [-0.2, 0) is 0 Å². The zero-order valence-electron chi connectivity index (χ0n) is 10.2. The summed E-state index contributed by atoms with van der Waals surface area (Å²) in [6.07, 6.45) is 0. The second kappa shape index (κ2) is 5.19. The molecule has 0 amide bonds. The highest BCUT2D eigenvalue weighted by Gasteiger charge is 2.14. The molecule has 0 atom stereocenters. The number of benzene rings is 2. The van der Waals surface area contributed by atoms with Gasteiger partial charge in [0.1, 0.15) is 11.5 Å². The van der Waals surface area contributed by atoms with Gasteiger partial charge in [0.2, 0.25) is 0 Å². The van der Waals surface area contributed by atoms with Crippen LogP contribution in [0.15, 0.2) is 36.4 Å². The first-order valence-corrected chi connectivity index (χ1v) is 5.81. The lowest BCUT2D eigenvalue weighted by Gasteiger charge is -2.15. The molecule has 0 spiro atoms. The molecule has 4 heteroatoms. The van der Waals surface area contributed by atoms with Crippen LogP contribution in [0.5, 0.6) is 11.5 Å². The van der Waals surface area contributed by atoms with Gasteiger partial charge in [-0.1, -0.05) is 17.7 Å². The Morgan fingerprint density at radius 3 is 2.17 bits per heavy atom. The van der Waals surface area contributed by atoms with Crippen LogP contribution < -0.4 is 15.2 Å². The highest BCUT2D eigenvalue weighted by atomic mass is 35.5. The predicted molar refractivity (Wildman–Crippen MR) is 74.4 cm³/mol. The third-order valence-corrected chi connectivity index (χ3v) is 2.95. The number of halogens is 1. The number of hydrogen-bond acceptors (Lipinski definition) is 3. The van der Waals surface area contributed by atoms with Crippen LogP contribution in [0.3, 0.4) is 0 Å². The quantitative estimate of drug-likeness (QED) is 0.861. The Labute approximate surface area is 111 Å². The maximum absolute atomic E-state index is 6.02. The topological polar surface area (TPSA) is 44.5 Å². The van der Waals surface area contributed by atoms with Gasteiger partial charge in [0.05, 0.1) is 19.8 Å². The summed E-state index contributed by atoms with van der Waals surface area (Å²) in [5.74, 6) is 1.40. The third-order valence-electron chi connectivity index (χ3n) is 2.71. The predicted octanol–water partition coefficient (Wildman–Crippen LogP) is 3.61. The van der Waals surface area contributed by atoms with Crippen molar-refractivity contribution in [1.82, 2.24) is 0 Å². The van der Waals surface area contributed by atoms with Gasteiger partial charge in [-0.3, -0.25) is 0 Å². The molecule has 2 rings (SSSR count). The second-order valence-corrected chi connectivity index (χ2v) is 4.21. The largest absolute Gasteiger partial charge is 0.496 e. The van der Waals surface area contributed by atoms with Crippen molar-refractivity contribution in [2.75, 3.05) is 20.0 Å². The molecule has 2 aromatic rings. The van der Waals surface area contributed by atoms with Gasteiger partial charge in [0.15, 0.2) is 0 Å². The standard InChI is InChI=1S/C14H14ClNO2/c1-17-12-4-3-5-13(18-2)14(12)10-8-9(15)6-7-11(10)16/h3-8H,16H2,1-2H3. The highest BCUT2D eigenvalue weighted by Crippen LogP contribution is 2.41. The van der Waals surface area contributed by atoms with Gasteiger partial charge in [-0.2, -0.15) is 0 Å². The first-order valence-electron chi connectivity index (χ1n) is 5.43. The second-order valence-electron chi connectivity index (χ2n) is 3.77. The Hall–Kier alpha value is -1.87. The molecule has 0 aliphatic rings. The molecule has 94 valence electrons. The zero-order valence-corrected chi connectivity index (χ0v) is 11.0. The number of anilines is 1. The normalized spacial score (nSPS) is 10.2. The first-order chi connectivity index (χ1) is 8.67. The van der Waals surface area contributed by atoms with Crippen LogP contribution in [0, 0.1) is 0 Å². The molecule has 0 fully saturated rings. The molecule has 2 N–H and O–H groups in total. The minimum Gasteiger partial charge on any atom is -0.496 e. The summed E-state index contributed by atoms with van der Waals surface area (Å²) in [5.41, 5.74) is 8.24. The van der Waals surface area contributed by atoms with Gasteiger partial charge in [0, 0.05) is 16.3 Å². The molecule has 0 saturated carbocycles. The maximum Gasteiger partial charge on any atom is 0.130 e. The molecule has 0 saturated heterocycles. The fourth-order valence-corrected chi connectivity index (χ4v) is 2.03. The van der Waals surface area contributed by atoms with Gasteiger partial charge in [-0.05, 0) is 30.3 Å². The molecule has 0 unspecified atom stereocenters. The number of methoxy groups -OCH3 is 2. The maximum atomic E-state index is 6.02. The molecular formula is C14H14ClNO2. The van der Waals surface area contributed by atoms with Crippen molar-refractivity contribution in [3.8, 4) is 22.6 Å². The molecular weight excluding hydrogens is 250 g/mol. The lowest BCUT2D eigenvalue weighted by atomic mass is 10.0. The highest BCUT2D eigenvalue weighted by molar-refractivity contribution is 6.31.